The lowest BCUT2D eigenvalue weighted by molar-refractivity contribution is -0.0937. The van der Waals surface area contributed by atoms with Crippen molar-refractivity contribution in [3.63, 3.8) is 0 Å². The van der Waals surface area contributed by atoms with E-state index in [0.717, 1.165) is 12.8 Å². The third-order valence-corrected chi connectivity index (χ3v) is 4.47. The third kappa shape index (κ3) is 3.47. The van der Waals surface area contributed by atoms with Gasteiger partial charge in [-0.1, -0.05) is 30.3 Å². The molecule has 0 radical (unpaired) electrons. The molecular formula is C18H21N5O2. The van der Waals surface area contributed by atoms with Crippen molar-refractivity contribution in [2.45, 2.75) is 31.5 Å². The lowest BCUT2D eigenvalue weighted by Crippen LogP contribution is -2.42. The summed E-state index contributed by atoms with van der Waals surface area (Å²) in [5.74, 6) is 0.694. The molecule has 1 unspecified atom stereocenters. The van der Waals surface area contributed by atoms with Crippen LogP contribution < -0.4 is 5.32 Å². The number of hydrogen-bond acceptors (Lipinski definition) is 6. The van der Waals surface area contributed by atoms with E-state index in [4.69, 9.17) is 4.74 Å². The molecule has 7 nitrogen and oxygen atoms in total. The molecule has 2 N–H and O–H groups in total. The molecule has 4 rings (SSSR count). The Balaban J connectivity index is 1.55. The van der Waals surface area contributed by atoms with Crippen LogP contribution in [0.25, 0.3) is 11.2 Å². The van der Waals surface area contributed by atoms with Crippen LogP contribution in [0.15, 0.2) is 43.0 Å². The van der Waals surface area contributed by atoms with Crippen molar-refractivity contribution in [3.05, 3.63) is 48.5 Å². The van der Waals surface area contributed by atoms with E-state index in [-0.39, 0.29) is 0 Å². The monoisotopic (exact) mass is 339 g/mol. The van der Waals surface area contributed by atoms with E-state index in [0.29, 0.717) is 43.3 Å². The summed E-state index contributed by atoms with van der Waals surface area (Å²) in [7, 11) is 0. The second kappa shape index (κ2) is 6.78. The van der Waals surface area contributed by atoms with Gasteiger partial charge in [0.25, 0.3) is 0 Å². The van der Waals surface area contributed by atoms with Gasteiger partial charge in [0, 0.05) is 13.2 Å². The van der Waals surface area contributed by atoms with Gasteiger partial charge in [-0.15, -0.1) is 0 Å². The van der Waals surface area contributed by atoms with E-state index in [9.17, 15) is 5.11 Å². The van der Waals surface area contributed by atoms with Crippen LogP contribution in [0.5, 0.6) is 0 Å². The lowest BCUT2D eigenvalue weighted by atomic mass is 9.97. The van der Waals surface area contributed by atoms with E-state index in [1.165, 1.54) is 11.9 Å². The Morgan fingerprint density at radius 1 is 1.20 bits per heavy atom. The molecule has 1 aliphatic rings. The highest BCUT2D eigenvalue weighted by atomic mass is 16.5. The molecule has 7 heteroatoms. The standard InChI is InChI=1S/C18H21N5O2/c24-18(7-4-8-25-11-18)10-23-13-22-15-16(20-12-21-17(15)23)19-9-14-5-2-1-3-6-14/h1-3,5-6,12-13,24H,4,7-11H2,(H,19,20,21). The summed E-state index contributed by atoms with van der Waals surface area (Å²) < 4.78 is 7.30. The topological polar surface area (TPSA) is 85.1 Å². The van der Waals surface area contributed by atoms with E-state index in [1.54, 1.807) is 6.33 Å². The van der Waals surface area contributed by atoms with Crippen LogP contribution >= 0.6 is 0 Å². The molecule has 1 saturated heterocycles. The number of anilines is 1. The number of benzene rings is 1. The number of rotatable bonds is 5. The maximum atomic E-state index is 10.7. The fraction of sp³-hybridized carbons (Fsp3) is 0.389. The number of ether oxygens (including phenoxy) is 1. The second-order valence-electron chi connectivity index (χ2n) is 6.49. The highest BCUT2D eigenvalue weighted by Crippen LogP contribution is 2.24. The van der Waals surface area contributed by atoms with E-state index in [2.05, 4.69) is 32.4 Å². The van der Waals surface area contributed by atoms with Crippen LogP contribution in [0, 0.1) is 0 Å². The Labute approximate surface area is 145 Å². The minimum atomic E-state index is -0.867. The summed E-state index contributed by atoms with van der Waals surface area (Å²) in [6, 6.07) is 10.1. The molecule has 2 aromatic heterocycles. The van der Waals surface area contributed by atoms with Crippen molar-refractivity contribution in [1.29, 1.82) is 0 Å². The Kier molecular flexibility index (Phi) is 4.33. The highest BCUT2D eigenvalue weighted by molar-refractivity contribution is 5.82. The molecule has 25 heavy (non-hydrogen) atoms. The second-order valence-corrected chi connectivity index (χ2v) is 6.49. The van der Waals surface area contributed by atoms with E-state index >= 15 is 0 Å². The Morgan fingerprint density at radius 2 is 2.08 bits per heavy atom. The average Bonchev–Trinajstić information content (AvgIpc) is 3.04. The van der Waals surface area contributed by atoms with Crippen molar-refractivity contribution < 1.29 is 9.84 Å². The smallest absolute Gasteiger partial charge is 0.165 e. The molecule has 0 spiro atoms. The first kappa shape index (κ1) is 16.0. The van der Waals surface area contributed by atoms with Crippen molar-refractivity contribution in [3.8, 4) is 0 Å². The van der Waals surface area contributed by atoms with Crippen LogP contribution in [0.3, 0.4) is 0 Å². The summed E-state index contributed by atoms with van der Waals surface area (Å²) >= 11 is 0. The first-order chi connectivity index (χ1) is 12.2. The van der Waals surface area contributed by atoms with Crippen molar-refractivity contribution >= 4 is 17.0 Å². The predicted molar refractivity (Wildman–Crippen MR) is 94.1 cm³/mol. The van der Waals surface area contributed by atoms with Gasteiger partial charge in [-0.25, -0.2) is 15.0 Å². The van der Waals surface area contributed by atoms with Gasteiger partial charge >= 0.3 is 0 Å². The summed E-state index contributed by atoms with van der Waals surface area (Å²) in [5, 5.41) is 14.0. The molecule has 0 saturated carbocycles. The highest BCUT2D eigenvalue weighted by Gasteiger charge is 2.31. The number of nitrogens with zero attached hydrogens (tertiary/aromatic N) is 4. The first-order valence-electron chi connectivity index (χ1n) is 8.47. The lowest BCUT2D eigenvalue weighted by Gasteiger charge is -2.32. The van der Waals surface area contributed by atoms with Gasteiger partial charge in [0.15, 0.2) is 11.5 Å². The summed E-state index contributed by atoms with van der Waals surface area (Å²) in [6.45, 7) is 2.13. The molecule has 1 aromatic carbocycles. The zero-order chi connectivity index (χ0) is 17.1. The summed E-state index contributed by atoms with van der Waals surface area (Å²) in [4.78, 5) is 13.1. The summed E-state index contributed by atoms with van der Waals surface area (Å²) in [5.41, 5.74) is 1.72. The third-order valence-electron chi connectivity index (χ3n) is 4.47. The van der Waals surface area contributed by atoms with Gasteiger partial charge in [-0.2, -0.15) is 0 Å². The molecule has 3 heterocycles. The molecule has 0 bridgehead atoms. The average molecular weight is 339 g/mol. The molecule has 3 aromatic rings. The first-order valence-corrected chi connectivity index (χ1v) is 8.47. The van der Waals surface area contributed by atoms with E-state index < -0.39 is 5.60 Å². The van der Waals surface area contributed by atoms with Gasteiger partial charge in [0.05, 0.1) is 19.5 Å². The largest absolute Gasteiger partial charge is 0.386 e. The van der Waals surface area contributed by atoms with Crippen LogP contribution in [-0.4, -0.2) is 43.4 Å². The van der Waals surface area contributed by atoms with Crippen molar-refractivity contribution in [2.24, 2.45) is 0 Å². The molecule has 0 aliphatic carbocycles. The number of aliphatic hydroxyl groups is 1. The van der Waals surface area contributed by atoms with Crippen LogP contribution in [-0.2, 0) is 17.8 Å². The van der Waals surface area contributed by atoms with Crippen molar-refractivity contribution in [2.75, 3.05) is 18.5 Å². The van der Waals surface area contributed by atoms with Crippen molar-refractivity contribution in [1.82, 2.24) is 19.5 Å². The minimum Gasteiger partial charge on any atom is -0.386 e. The molecular weight excluding hydrogens is 318 g/mol. The maximum Gasteiger partial charge on any atom is 0.165 e. The van der Waals surface area contributed by atoms with Gasteiger partial charge < -0.3 is 19.7 Å². The van der Waals surface area contributed by atoms with Gasteiger partial charge in [-0.05, 0) is 18.4 Å². The number of imidazole rings is 1. The van der Waals surface area contributed by atoms with Gasteiger partial charge in [0.2, 0.25) is 0 Å². The predicted octanol–water partition coefficient (Wildman–Crippen LogP) is 1.98. The number of hydrogen-bond donors (Lipinski definition) is 2. The molecule has 0 amide bonds. The zero-order valence-corrected chi connectivity index (χ0v) is 13.9. The maximum absolute atomic E-state index is 10.7. The molecule has 1 atom stereocenters. The number of nitrogens with one attached hydrogen (secondary N) is 1. The van der Waals surface area contributed by atoms with Crippen LogP contribution in [0.4, 0.5) is 5.82 Å². The fourth-order valence-corrected chi connectivity index (χ4v) is 3.19. The van der Waals surface area contributed by atoms with Gasteiger partial charge in [-0.3, -0.25) is 0 Å². The Bertz CT molecular complexity index is 843. The zero-order valence-electron chi connectivity index (χ0n) is 13.9. The van der Waals surface area contributed by atoms with Gasteiger partial charge in [0.1, 0.15) is 17.4 Å². The van der Waals surface area contributed by atoms with Crippen LogP contribution in [0.1, 0.15) is 18.4 Å². The normalized spacial score (nSPS) is 20.7. The molecule has 1 aliphatic heterocycles. The fourth-order valence-electron chi connectivity index (χ4n) is 3.19. The Morgan fingerprint density at radius 3 is 2.88 bits per heavy atom. The number of fused-ring (bicyclic) bond motifs is 1. The molecule has 130 valence electrons. The Hall–Kier alpha value is -2.51. The SMILES string of the molecule is OC1(Cn2cnc3c(NCc4ccccc4)ncnc32)CCCOC1. The molecule has 1 fully saturated rings. The summed E-state index contributed by atoms with van der Waals surface area (Å²) in [6.07, 6.45) is 4.81. The quantitative estimate of drug-likeness (QED) is 0.739. The van der Waals surface area contributed by atoms with E-state index in [1.807, 2.05) is 22.8 Å². The number of aromatic nitrogens is 4. The minimum absolute atomic E-state index is 0.344. The van der Waals surface area contributed by atoms with Crippen LogP contribution in [0.2, 0.25) is 0 Å².